The van der Waals surface area contributed by atoms with Crippen molar-refractivity contribution in [1.82, 2.24) is 5.06 Å². The molecule has 1 aromatic carbocycles. The smallest absolute Gasteiger partial charge is 0.248 e. The van der Waals surface area contributed by atoms with Gasteiger partial charge in [0.25, 0.3) is 0 Å². The summed E-state index contributed by atoms with van der Waals surface area (Å²) in [5.41, 5.74) is 1.06. The Bertz CT molecular complexity index is 459. The molecule has 0 saturated carbocycles. The first-order valence-electron chi connectivity index (χ1n) is 6.49. The second-order valence-corrected chi connectivity index (χ2v) is 4.85. The Balaban J connectivity index is 1.50. The Labute approximate surface area is 112 Å². The van der Waals surface area contributed by atoms with Crippen molar-refractivity contribution in [2.24, 2.45) is 0 Å². The molecule has 3 rings (SSSR count). The first-order valence-corrected chi connectivity index (χ1v) is 6.49. The lowest BCUT2D eigenvalue weighted by Gasteiger charge is -2.44. The topological polar surface area (TPSA) is 48.0 Å². The highest BCUT2D eigenvalue weighted by atomic mass is 16.8. The summed E-state index contributed by atoms with van der Waals surface area (Å²) in [6, 6.07) is 7.98. The largest absolute Gasteiger partial charge is 0.497 e. The summed E-state index contributed by atoms with van der Waals surface area (Å²) in [5.74, 6) is 0.884. The molecule has 102 valence electrons. The lowest BCUT2D eigenvalue weighted by atomic mass is 9.98. The van der Waals surface area contributed by atoms with Gasteiger partial charge in [-0.3, -0.25) is 4.79 Å². The second kappa shape index (κ2) is 5.19. The Morgan fingerprint density at radius 1 is 1.32 bits per heavy atom. The number of β-lactam (4-membered cyclic amide) rings is 1. The lowest BCUT2D eigenvalue weighted by Crippen LogP contribution is -2.57. The fourth-order valence-corrected chi connectivity index (χ4v) is 2.36. The maximum Gasteiger partial charge on any atom is 0.248 e. The van der Waals surface area contributed by atoms with Gasteiger partial charge in [-0.1, -0.05) is 12.1 Å². The van der Waals surface area contributed by atoms with E-state index in [-0.39, 0.29) is 18.2 Å². The van der Waals surface area contributed by atoms with E-state index in [4.69, 9.17) is 14.3 Å². The second-order valence-electron chi connectivity index (χ2n) is 4.85. The number of carbonyl (C=O) groups excluding carboxylic acids is 1. The molecule has 0 N–H and O–H groups in total. The van der Waals surface area contributed by atoms with Gasteiger partial charge in [0.1, 0.15) is 5.75 Å². The van der Waals surface area contributed by atoms with Crippen LogP contribution in [0.15, 0.2) is 24.3 Å². The first kappa shape index (κ1) is 12.4. The average Bonchev–Trinajstić information content (AvgIpc) is 2.45. The van der Waals surface area contributed by atoms with Crippen LogP contribution < -0.4 is 4.74 Å². The van der Waals surface area contributed by atoms with Gasteiger partial charge in [-0.05, 0) is 24.1 Å². The highest BCUT2D eigenvalue weighted by Crippen LogP contribution is 2.31. The van der Waals surface area contributed by atoms with Crippen LogP contribution in [0.3, 0.4) is 0 Å². The van der Waals surface area contributed by atoms with Gasteiger partial charge < -0.3 is 9.47 Å². The van der Waals surface area contributed by atoms with Gasteiger partial charge in [-0.25, -0.2) is 9.90 Å². The van der Waals surface area contributed by atoms with Crippen molar-refractivity contribution in [3.05, 3.63) is 29.8 Å². The van der Waals surface area contributed by atoms with E-state index in [1.165, 1.54) is 5.06 Å². The van der Waals surface area contributed by atoms with Crippen LogP contribution in [0, 0.1) is 0 Å². The number of hydrogen-bond donors (Lipinski definition) is 0. The molecule has 2 aliphatic rings. The third-order valence-corrected chi connectivity index (χ3v) is 3.55. The van der Waals surface area contributed by atoms with E-state index in [9.17, 15) is 4.79 Å². The van der Waals surface area contributed by atoms with Crippen molar-refractivity contribution >= 4 is 5.91 Å². The van der Waals surface area contributed by atoms with Gasteiger partial charge in [0.15, 0.2) is 6.29 Å². The van der Waals surface area contributed by atoms with Crippen molar-refractivity contribution in [2.75, 3.05) is 7.11 Å². The van der Waals surface area contributed by atoms with E-state index in [1.54, 1.807) is 7.11 Å². The van der Waals surface area contributed by atoms with Gasteiger partial charge in [0.2, 0.25) is 5.91 Å². The Hall–Kier alpha value is -1.59. The van der Waals surface area contributed by atoms with Crippen LogP contribution in [0.5, 0.6) is 5.75 Å². The van der Waals surface area contributed by atoms with Gasteiger partial charge in [-0.2, -0.15) is 0 Å². The third-order valence-electron chi connectivity index (χ3n) is 3.55. The Kier molecular flexibility index (Phi) is 3.40. The van der Waals surface area contributed by atoms with Crippen LogP contribution in [0.4, 0.5) is 0 Å². The predicted octanol–water partition coefficient (Wildman–Crippen LogP) is 1.86. The van der Waals surface area contributed by atoms with Crippen molar-refractivity contribution in [3.8, 4) is 5.75 Å². The molecule has 2 saturated heterocycles. The average molecular weight is 263 g/mol. The molecule has 1 amide bonds. The molecule has 2 aliphatic heterocycles. The van der Waals surface area contributed by atoms with Crippen LogP contribution in [-0.2, 0) is 21.0 Å². The molecule has 5 heteroatoms. The van der Waals surface area contributed by atoms with Crippen molar-refractivity contribution < 1.29 is 19.1 Å². The molecule has 2 fully saturated rings. The molecule has 19 heavy (non-hydrogen) atoms. The highest BCUT2D eigenvalue weighted by molar-refractivity contribution is 5.81. The van der Waals surface area contributed by atoms with Crippen LogP contribution in [0.1, 0.15) is 24.8 Å². The molecular formula is C14H17NO4. The zero-order valence-corrected chi connectivity index (χ0v) is 10.9. The number of fused-ring (bicyclic) bond motifs is 1. The van der Waals surface area contributed by atoms with Crippen molar-refractivity contribution in [1.29, 1.82) is 0 Å². The first-order chi connectivity index (χ1) is 9.26. The molecule has 0 radical (unpaired) electrons. The summed E-state index contributed by atoms with van der Waals surface area (Å²) >= 11 is 0. The third kappa shape index (κ3) is 2.57. The summed E-state index contributed by atoms with van der Waals surface area (Å²) in [5, 5.41) is 1.46. The van der Waals surface area contributed by atoms with Crippen LogP contribution >= 0.6 is 0 Å². The Morgan fingerprint density at radius 2 is 2.11 bits per heavy atom. The number of hydrogen-bond acceptors (Lipinski definition) is 4. The minimum Gasteiger partial charge on any atom is -0.497 e. The highest BCUT2D eigenvalue weighted by Gasteiger charge is 2.42. The number of nitrogens with zero attached hydrogens (tertiary/aromatic N) is 1. The van der Waals surface area contributed by atoms with Crippen LogP contribution in [0.2, 0.25) is 0 Å². The van der Waals surface area contributed by atoms with E-state index in [2.05, 4.69) is 0 Å². The summed E-state index contributed by atoms with van der Waals surface area (Å²) < 4.78 is 10.8. The number of carbonyl (C=O) groups is 1. The van der Waals surface area contributed by atoms with Crippen LogP contribution in [-0.4, -0.2) is 30.4 Å². The minimum atomic E-state index is -0.317. The molecule has 0 unspecified atom stereocenters. The maximum absolute atomic E-state index is 11.3. The van der Waals surface area contributed by atoms with E-state index in [0.29, 0.717) is 13.0 Å². The summed E-state index contributed by atoms with van der Waals surface area (Å²) in [7, 11) is 1.64. The molecule has 2 atom stereocenters. The molecular weight excluding hydrogens is 246 g/mol. The number of rotatable bonds is 4. The van der Waals surface area contributed by atoms with E-state index in [1.807, 2.05) is 24.3 Å². The quantitative estimate of drug-likeness (QED) is 0.778. The standard InChI is InChI=1S/C14H17NO4/c1-17-12-5-2-10(3-6-12)9-18-14-7-4-11-8-13(16)15(11)19-14/h2-3,5-6,11,14H,4,7-9H2,1H3/t11-,14+/m1/s1. The number of ether oxygens (including phenoxy) is 2. The van der Waals surface area contributed by atoms with Crippen molar-refractivity contribution in [2.45, 2.75) is 38.2 Å². The predicted molar refractivity (Wildman–Crippen MR) is 67.1 cm³/mol. The fourth-order valence-electron chi connectivity index (χ4n) is 2.36. The van der Waals surface area contributed by atoms with E-state index < -0.39 is 0 Å². The molecule has 2 heterocycles. The molecule has 0 spiro atoms. The molecule has 0 bridgehead atoms. The molecule has 0 aliphatic carbocycles. The molecule has 5 nitrogen and oxygen atoms in total. The van der Waals surface area contributed by atoms with E-state index in [0.717, 1.165) is 24.2 Å². The molecule has 1 aromatic rings. The van der Waals surface area contributed by atoms with Gasteiger partial charge in [-0.15, -0.1) is 0 Å². The summed E-state index contributed by atoms with van der Waals surface area (Å²) in [6.07, 6.45) is 2.09. The lowest BCUT2D eigenvalue weighted by molar-refractivity contribution is -0.327. The summed E-state index contributed by atoms with van der Waals surface area (Å²) in [4.78, 5) is 16.8. The normalized spacial score (nSPS) is 25.7. The SMILES string of the molecule is COc1ccc(CO[C@@H]2CC[C@@H]3CC(=O)N3O2)cc1. The number of benzene rings is 1. The van der Waals surface area contributed by atoms with Gasteiger partial charge >= 0.3 is 0 Å². The fraction of sp³-hybridized carbons (Fsp3) is 0.500. The Morgan fingerprint density at radius 3 is 2.79 bits per heavy atom. The van der Waals surface area contributed by atoms with Gasteiger partial charge in [0, 0.05) is 6.42 Å². The molecule has 0 aromatic heterocycles. The maximum atomic E-state index is 11.3. The van der Waals surface area contributed by atoms with E-state index >= 15 is 0 Å². The summed E-state index contributed by atoms with van der Waals surface area (Å²) in [6.45, 7) is 0.474. The van der Waals surface area contributed by atoms with Crippen LogP contribution in [0.25, 0.3) is 0 Å². The number of amides is 1. The van der Waals surface area contributed by atoms with Gasteiger partial charge in [0.05, 0.1) is 26.2 Å². The monoisotopic (exact) mass is 263 g/mol. The number of methoxy groups -OCH3 is 1. The van der Waals surface area contributed by atoms with Crippen molar-refractivity contribution in [3.63, 3.8) is 0 Å². The number of hydroxylamine groups is 2. The zero-order chi connectivity index (χ0) is 13.2. The zero-order valence-electron chi connectivity index (χ0n) is 10.9. The minimum absolute atomic E-state index is 0.0581.